The molecule has 1 saturated heterocycles. The zero-order valence-electron chi connectivity index (χ0n) is 10.7. The maximum atomic E-state index is 9.33. The van der Waals surface area contributed by atoms with Crippen LogP contribution in [0.4, 0.5) is 0 Å². The van der Waals surface area contributed by atoms with Crippen molar-refractivity contribution in [3.05, 3.63) is 18.2 Å². The molecule has 4 heteroatoms. The molecule has 0 amide bonds. The average Bonchev–Trinajstić information content (AvgIpc) is 2.76. The topological polar surface area (TPSA) is 41.3 Å². The normalized spacial score (nSPS) is 21.9. The van der Waals surface area contributed by atoms with Gasteiger partial charge < -0.3 is 9.67 Å². The molecule has 1 N–H and O–H groups in total. The van der Waals surface area contributed by atoms with Gasteiger partial charge >= 0.3 is 0 Å². The van der Waals surface area contributed by atoms with Gasteiger partial charge in [0.2, 0.25) is 0 Å². The fourth-order valence-corrected chi connectivity index (χ4v) is 2.65. The highest BCUT2D eigenvalue weighted by molar-refractivity contribution is 4.88. The van der Waals surface area contributed by atoms with E-state index < -0.39 is 0 Å². The Kier molecular flexibility index (Phi) is 4.57. The number of piperidine rings is 1. The number of aliphatic hydroxyl groups is 1. The van der Waals surface area contributed by atoms with E-state index in [0.29, 0.717) is 12.6 Å². The fourth-order valence-electron chi connectivity index (χ4n) is 2.65. The molecule has 1 aliphatic rings. The Balaban J connectivity index is 1.75. The largest absolute Gasteiger partial charge is 0.395 e. The van der Waals surface area contributed by atoms with Gasteiger partial charge in [0.15, 0.2) is 0 Å². The summed E-state index contributed by atoms with van der Waals surface area (Å²) in [5, 5.41) is 9.33. The van der Waals surface area contributed by atoms with Crippen LogP contribution in [0.3, 0.4) is 0 Å². The third-order valence-corrected chi connectivity index (χ3v) is 3.73. The molecule has 2 rings (SSSR count). The lowest BCUT2D eigenvalue weighted by atomic mass is 10.0. The molecular weight excluding hydrogens is 214 g/mol. The van der Waals surface area contributed by atoms with Crippen LogP contribution in [0.2, 0.25) is 0 Å². The SMILES string of the molecule is Cc1nccn1CCCN1CCCCC1CO. The molecule has 2 heterocycles. The van der Waals surface area contributed by atoms with Crippen LogP contribution in [0, 0.1) is 6.92 Å². The summed E-state index contributed by atoms with van der Waals surface area (Å²) in [6, 6.07) is 0.396. The van der Waals surface area contributed by atoms with E-state index in [1.54, 1.807) is 0 Å². The van der Waals surface area contributed by atoms with Gasteiger partial charge in [0.05, 0.1) is 6.61 Å². The molecule has 1 atom stereocenters. The van der Waals surface area contributed by atoms with Gasteiger partial charge in [-0.3, -0.25) is 4.90 Å². The van der Waals surface area contributed by atoms with Gasteiger partial charge in [-0.2, -0.15) is 0 Å². The fraction of sp³-hybridized carbons (Fsp3) is 0.769. The average molecular weight is 237 g/mol. The molecule has 1 aliphatic heterocycles. The highest BCUT2D eigenvalue weighted by atomic mass is 16.3. The lowest BCUT2D eigenvalue weighted by molar-refractivity contribution is 0.0881. The van der Waals surface area contributed by atoms with Crippen molar-refractivity contribution in [1.82, 2.24) is 14.5 Å². The molecule has 0 spiro atoms. The first-order chi connectivity index (χ1) is 8.31. The monoisotopic (exact) mass is 237 g/mol. The third kappa shape index (κ3) is 3.30. The molecule has 1 unspecified atom stereocenters. The molecule has 0 radical (unpaired) electrons. The number of likely N-dealkylation sites (tertiary alicyclic amines) is 1. The molecule has 17 heavy (non-hydrogen) atoms. The second-order valence-electron chi connectivity index (χ2n) is 4.89. The molecule has 0 aromatic carbocycles. The molecule has 0 bridgehead atoms. The minimum absolute atomic E-state index is 0.310. The number of aromatic nitrogens is 2. The lowest BCUT2D eigenvalue weighted by Crippen LogP contribution is -2.42. The van der Waals surface area contributed by atoms with Crippen LogP contribution < -0.4 is 0 Å². The van der Waals surface area contributed by atoms with Crippen molar-refractivity contribution >= 4 is 0 Å². The third-order valence-electron chi connectivity index (χ3n) is 3.73. The van der Waals surface area contributed by atoms with E-state index in [9.17, 15) is 5.11 Å². The Morgan fingerprint density at radius 3 is 3.00 bits per heavy atom. The quantitative estimate of drug-likeness (QED) is 0.842. The highest BCUT2D eigenvalue weighted by Crippen LogP contribution is 2.16. The number of rotatable bonds is 5. The minimum Gasteiger partial charge on any atom is -0.395 e. The van der Waals surface area contributed by atoms with Gasteiger partial charge in [-0.05, 0) is 32.7 Å². The molecule has 96 valence electrons. The maximum Gasteiger partial charge on any atom is 0.105 e. The molecule has 1 fully saturated rings. The summed E-state index contributed by atoms with van der Waals surface area (Å²) in [6.07, 6.45) is 8.72. The summed E-state index contributed by atoms with van der Waals surface area (Å²) in [5.41, 5.74) is 0. The summed E-state index contributed by atoms with van der Waals surface area (Å²) in [4.78, 5) is 6.66. The van der Waals surface area contributed by atoms with Gasteiger partial charge in [0.25, 0.3) is 0 Å². The summed E-state index contributed by atoms with van der Waals surface area (Å²) in [5.74, 6) is 1.09. The number of aryl methyl sites for hydroxylation is 2. The van der Waals surface area contributed by atoms with Crippen molar-refractivity contribution in [3.63, 3.8) is 0 Å². The van der Waals surface area contributed by atoms with Crippen LogP contribution >= 0.6 is 0 Å². The lowest BCUT2D eigenvalue weighted by Gasteiger charge is -2.34. The number of hydrogen-bond acceptors (Lipinski definition) is 3. The number of hydrogen-bond donors (Lipinski definition) is 1. The van der Waals surface area contributed by atoms with Gasteiger partial charge in [0.1, 0.15) is 5.82 Å². The molecular formula is C13H23N3O. The zero-order chi connectivity index (χ0) is 12.1. The van der Waals surface area contributed by atoms with Crippen LogP contribution in [0.25, 0.3) is 0 Å². The number of imidazole rings is 1. The van der Waals surface area contributed by atoms with Crippen LogP contribution in [0.5, 0.6) is 0 Å². The maximum absolute atomic E-state index is 9.33. The first-order valence-electron chi connectivity index (χ1n) is 6.64. The van der Waals surface area contributed by atoms with Crippen molar-refractivity contribution in [2.45, 2.75) is 45.2 Å². The van der Waals surface area contributed by atoms with Gasteiger partial charge in [-0.15, -0.1) is 0 Å². The van der Waals surface area contributed by atoms with E-state index in [1.165, 1.54) is 12.8 Å². The Bertz CT molecular complexity index is 337. The smallest absolute Gasteiger partial charge is 0.105 e. The minimum atomic E-state index is 0.310. The second kappa shape index (κ2) is 6.17. The van der Waals surface area contributed by atoms with E-state index in [4.69, 9.17) is 0 Å². The molecule has 0 saturated carbocycles. The van der Waals surface area contributed by atoms with Crippen molar-refractivity contribution in [3.8, 4) is 0 Å². The summed E-state index contributed by atoms with van der Waals surface area (Å²) in [6.45, 7) is 5.61. The Labute approximate surface area is 103 Å². The predicted molar refractivity (Wildman–Crippen MR) is 67.9 cm³/mol. The predicted octanol–water partition coefficient (Wildman–Crippen LogP) is 1.43. The summed E-state index contributed by atoms with van der Waals surface area (Å²) < 4.78 is 2.19. The van der Waals surface area contributed by atoms with E-state index in [0.717, 1.165) is 38.3 Å². The second-order valence-corrected chi connectivity index (χ2v) is 4.89. The summed E-state index contributed by atoms with van der Waals surface area (Å²) >= 11 is 0. The van der Waals surface area contributed by atoms with Crippen LogP contribution in [-0.2, 0) is 6.54 Å². The Morgan fingerprint density at radius 1 is 1.41 bits per heavy atom. The standard InChI is InChI=1S/C13H23N3O/c1-12-14-6-10-15(12)8-4-9-16-7-3-2-5-13(16)11-17/h6,10,13,17H,2-5,7-9,11H2,1H3. The molecule has 1 aromatic heterocycles. The van der Waals surface area contributed by atoms with E-state index in [2.05, 4.69) is 14.5 Å². The molecule has 4 nitrogen and oxygen atoms in total. The Hall–Kier alpha value is -0.870. The van der Waals surface area contributed by atoms with Crippen molar-refractivity contribution in [2.24, 2.45) is 0 Å². The first kappa shape index (κ1) is 12.6. The van der Waals surface area contributed by atoms with E-state index >= 15 is 0 Å². The number of aliphatic hydroxyl groups excluding tert-OH is 1. The molecule has 0 aliphatic carbocycles. The zero-order valence-corrected chi connectivity index (χ0v) is 10.7. The summed E-state index contributed by atoms with van der Waals surface area (Å²) in [7, 11) is 0. The highest BCUT2D eigenvalue weighted by Gasteiger charge is 2.20. The van der Waals surface area contributed by atoms with Crippen LogP contribution in [0.15, 0.2) is 12.4 Å². The van der Waals surface area contributed by atoms with Crippen molar-refractivity contribution in [1.29, 1.82) is 0 Å². The van der Waals surface area contributed by atoms with E-state index in [1.807, 2.05) is 19.3 Å². The van der Waals surface area contributed by atoms with Gasteiger partial charge in [0, 0.05) is 31.5 Å². The van der Waals surface area contributed by atoms with Gasteiger partial charge in [-0.25, -0.2) is 4.98 Å². The van der Waals surface area contributed by atoms with Crippen molar-refractivity contribution < 1.29 is 5.11 Å². The van der Waals surface area contributed by atoms with Crippen LogP contribution in [0.1, 0.15) is 31.5 Å². The number of nitrogens with zero attached hydrogens (tertiary/aromatic N) is 3. The Morgan fingerprint density at radius 2 is 2.29 bits per heavy atom. The first-order valence-corrected chi connectivity index (χ1v) is 6.64. The van der Waals surface area contributed by atoms with Crippen molar-refractivity contribution in [2.75, 3.05) is 19.7 Å². The van der Waals surface area contributed by atoms with Crippen LogP contribution in [-0.4, -0.2) is 45.3 Å². The molecule has 1 aromatic rings. The van der Waals surface area contributed by atoms with E-state index in [-0.39, 0.29) is 0 Å². The van der Waals surface area contributed by atoms with Gasteiger partial charge in [-0.1, -0.05) is 6.42 Å².